The van der Waals surface area contributed by atoms with Crippen LogP contribution in [0.4, 0.5) is 42.5 Å². The molecule has 172 valence electrons. The fourth-order valence-corrected chi connectivity index (χ4v) is 2.35. The van der Waals surface area contributed by atoms with Crippen LogP contribution in [0.3, 0.4) is 0 Å². The third-order valence-electron chi connectivity index (χ3n) is 3.29. The van der Waals surface area contributed by atoms with Crippen molar-refractivity contribution in [1.29, 1.82) is 0 Å². The van der Waals surface area contributed by atoms with Crippen LogP contribution in [-0.4, -0.2) is 11.7 Å². The van der Waals surface area contributed by atoms with E-state index in [0.717, 1.165) is 24.3 Å². The number of benzene rings is 2. The number of carbonyl (C=O) groups excluding carboxylic acids is 1. The molecule has 2 rings (SSSR count). The molecule has 12 heteroatoms. The first-order valence-electron chi connectivity index (χ1n) is 8.41. The monoisotopic (exact) mass is 490 g/mol. The number of carbonyl (C=O) groups is 1. The fourth-order valence-electron chi connectivity index (χ4n) is 1.98. The first-order chi connectivity index (χ1) is 13.9. The van der Waals surface area contributed by atoms with Crippen molar-refractivity contribution in [3.05, 3.63) is 58.6 Å². The first-order valence-corrected chi connectivity index (χ1v) is 9.12. The third kappa shape index (κ3) is 8.37. The summed E-state index contributed by atoms with van der Waals surface area (Å²) in [5.74, 6) is 0. The molecule has 0 aliphatic heterocycles. The molecule has 2 N–H and O–H groups in total. The van der Waals surface area contributed by atoms with Gasteiger partial charge in [0.25, 0.3) is 0 Å². The highest BCUT2D eigenvalue weighted by atomic mass is 35.5. The summed E-state index contributed by atoms with van der Waals surface area (Å²) in [6.45, 7) is 4.88. The maximum absolute atomic E-state index is 12.5. The number of hydrogen-bond donors (Lipinski definition) is 1. The molecule has 0 radical (unpaired) electrons. The van der Waals surface area contributed by atoms with E-state index >= 15 is 0 Å². The van der Waals surface area contributed by atoms with Crippen molar-refractivity contribution in [2.45, 2.75) is 38.7 Å². The second kappa shape index (κ2) is 9.86. The maximum atomic E-state index is 12.5. The summed E-state index contributed by atoms with van der Waals surface area (Å²) in [6, 6.07) is 7.53. The largest absolute Gasteiger partial charge is 0.443 e. The van der Waals surface area contributed by atoms with Crippen molar-refractivity contribution in [3.8, 4) is 0 Å². The predicted octanol–water partition coefficient (Wildman–Crippen LogP) is 7.54. The van der Waals surface area contributed by atoms with Crippen LogP contribution in [0.15, 0.2) is 42.5 Å². The predicted molar refractivity (Wildman–Crippen MR) is 107 cm³/mol. The van der Waals surface area contributed by atoms with Crippen LogP contribution < -0.4 is 10.2 Å². The number of ether oxygens (including phenoxy) is 1. The molecular weight excluding hydrogens is 473 g/mol. The number of amides is 1. The molecule has 0 fully saturated rings. The van der Waals surface area contributed by atoms with Gasteiger partial charge in [0.1, 0.15) is 5.60 Å². The molecule has 0 aliphatic carbocycles. The molecule has 0 saturated heterocycles. The lowest BCUT2D eigenvalue weighted by molar-refractivity contribution is -0.138. The highest BCUT2D eigenvalue weighted by Crippen LogP contribution is 2.37. The number of halogens is 8. The normalized spacial score (nSPS) is 12.0. The average Bonchev–Trinajstić information content (AvgIpc) is 2.61. The molecule has 2 aromatic carbocycles. The van der Waals surface area contributed by atoms with E-state index < -0.39 is 40.2 Å². The number of nitrogens with zero attached hydrogens (tertiary/aromatic N) is 1. The Hall–Kier alpha value is -2.33. The highest BCUT2D eigenvalue weighted by Gasteiger charge is 2.33. The van der Waals surface area contributed by atoms with Gasteiger partial charge in [-0.1, -0.05) is 23.7 Å². The molecule has 4 nitrogen and oxygen atoms in total. The van der Waals surface area contributed by atoms with Crippen molar-refractivity contribution < 1.29 is 35.9 Å². The van der Waals surface area contributed by atoms with E-state index in [0.29, 0.717) is 4.42 Å². The maximum Gasteiger partial charge on any atom is 0.429 e. The summed E-state index contributed by atoms with van der Waals surface area (Å²) in [4.78, 5) is 11.6. The number of nitrogen functional groups attached to an aromatic ring is 1. The summed E-state index contributed by atoms with van der Waals surface area (Å²) in [5.41, 5.74) is 2.44. The molecule has 0 spiro atoms. The highest BCUT2D eigenvalue weighted by molar-refractivity contribution is 6.35. The van der Waals surface area contributed by atoms with Gasteiger partial charge in [-0.3, -0.25) is 0 Å². The third-order valence-corrected chi connectivity index (χ3v) is 4.04. The van der Waals surface area contributed by atoms with Gasteiger partial charge in [-0.2, -0.15) is 30.8 Å². The fraction of sp³-hybridized carbons (Fsp3) is 0.316. The molecule has 0 bridgehead atoms. The minimum absolute atomic E-state index is 0.0634. The second-order valence-corrected chi connectivity index (χ2v) is 7.73. The van der Waals surface area contributed by atoms with Crippen LogP contribution in [0.25, 0.3) is 0 Å². The summed E-state index contributed by atoms with van der Waals surface area (Å²) in [5, 5.41) is -0.440. The van der Waals surface area contributed by atoms with Crippen LogP contribution in [-0.2, 0) is 17.1 Å². The van der Waals surface area contributed by atoms with Gasteiger partial charge >= 0.3 is 18.4 Å². The number of hydrogen-bond acceptors (Lipinski definition) is 3. The van der Waals surface area contributed by atoms with Gasteiger partial charge in [0.2, 0.25) is 0 Å². The molecule has 31 heavy (non-hydrogen) atoms. The summed E-state index contributed by atoms with van der Waals surface area (Å²) in [6.07, 6.45) is -9.87. The molecule has 1 amide bonds. The Morgan fingerprint density at radius 2 is 1.52 bits per heavy atom. The molecule has 0 heterocycles. The quantitative estimate of drug-likeness (QED) is 0.255. The Kier molecular flexibility index (Phi) is 8.50. The molecule has 0 saturated carbocycles. The Bertz CT molecular complexity index is 911. The van der Waals surface area contributed by atoms with Gasteiger partial charge < -0.3 is 10.5 Å². The number of alkyl halides is 6. The topological polar surface area (TPSA) is 55.6 Å². The Morgan fingerprint density at radius 3 is 1.97 bits per heavy atom. The number of anilines is 2. The van der Waals surface area contributed by atoms with Crippen LogP contribution >= 0.6 is 23.4 Å². The zero-order valence-corrected chi connectivity index (χ0v) is 17.9. The summed E-state index contributed by atoms with van der Waals surface area (Å²) < 4.78 is 79.3. The SMILES string of the molecule is CC(C)(C)OC(=O)N(Cl)c1cccc(C(F)(F)F)c1.Nc1cccc(C(F)(F)F)c1Cl. The van der Waals surface area contributed by atoms with E-state index in [-0.39, 0.29) is 11.4 Å². The van der Waals surface area contributed by atoms with Crippen molar-refractivity contribution in [2.24, 2.45) is 0 Å². The Balaban J connectivity index is 0.000000343. The molecule has 0 unspecified atom stereocenters. The van der Waals surface area contributed by atoms with Crippen molar-refractivity contribution in [1.82, 2.24) is 0 Å². The molecule has 2 aromatic rings. The summed E-state index contributed by atoms with van der Waals surface area (Å²) >= 11 is 11.0. The lowest BCUT2D eigenvalue weighted by atomic mass is 10.2. The average molecular weight is 491 g/mol. The minimum Gasteiger partial charge on any atom is -0.443 e. The van der Waals surface area contributed by atoms with Gasteiger partial charge in [-0.15, -0.1) is 0 Å². The molecular formula is C19H18Cl2F6N2O2. The van der Waals surface area contributed by atoms with Crippen molar-refractivity contribution in [3.63, 3.8) is 0 Å². The molecule has 0 aliphatic rings. The Labute approximate surface area is 184 Å². The zero-order valence-electron chi connectivity index (χ0n) is 16.4. The lowest BCUT2D eigenvalue weighted by Gasteiger charge is -2.23. The number of rotatable bonds is 1. The number of nitrogens with two attached hydrogens (primary N) is 1. The van der Waals surface area contributed by atoms with Crippen LogP contribution in [0, 0.1) is 0 Å². The first kappa shape index (κ1) is 26.7. The van der Waals surface area contributed by atoms with Crippen LogP contribution in [0.1, 0.15) is 31.9 Å². The van der Waals surface area contributed by atoms with Crippen LogP contribution in [0.5, 0.6) is 0 Å². The second-order valence-electron chi connectivity index (χ2n) is 7.02. The zero-order chi connectivity index (χ0) is 24.2. The van der Waals surface area contributed by atoms with Crippen molar-refractivity contribution >= 4 is 40.8 Å². The van der Waals surface area contributed by atoms with E-state index in [9.17, 15) is 31.1 Å². The van der Waals surface area contributed by atoms with E-state index in [1.165, 1.54) is 18.2 Å². The van der Waals surface area contributed by atoms with E-state index in [1.807, 2.05) is 0 Å². The smallest absolute Gasteiger partial charge is 0.429 e. The lowest BCUT2D eigenvalue weighted by Crippen LogP contribution is -2.31. The van der Waals surface area contributed by atoms with Gasteiger partial charge in [0.05, 0.1) is 27.5 Å². The van der Waals surface area contributed by atoms with Crippen molar-refractivity contribution in [2.75, 3.05) is 10.2 Å². The van der Waals surface area contributed by atoms with E-state index in [1.54, 1.807) is 20.8 Å². The van der Waals surface area contributed by atoms with E-state index in [2.05, 4.69) is 0 Å². The standard InChI is InChI=1S/C12H13ClF3NO2.C7H5ClF3N/c1-11(2,3)19-10(18)17(13)9-6-4-5-8(7-9)12(14,15)16;8-6-4(7(9,10)11)2-1-3-5(6)12/h4-7H,1-3H3;1-3H,12H2. The van der Waals surface area contributed by atoms with Gasteiger partial charge in [0, 0.05) is 11.8 Å². The van der Waals surface area contributed by atoms with Gasteiger partial charge in [-0.25, -0.2) is 4.79 Å². The molecule has 0 atom stereocenters. The molecule has 0 aromatic heterocycles. The van der Waals surface area contributed by atoms with Gasteiger partial charge in [-0.05, 0) is 51.1 Å². The van der Waals surface area contributed by atoms with E-state index in [4.69, 9.17) is 33.8 Å². The minimum atomic E-state index is -4.50. The summed E-state index contributed by atoms with van der Waals surface area (Å²) in [7, 11) is 0. The Morgan fingerprint density at radius 1 is 0.968 bits per heavy atom. The van der Waals surface area contributed by atoms with Gasteiger partial charge in [0.15, 0.2) is 0 Å². The van der Waals surface area contributed by atoms with Crippen LogP contribution in [0.2, 0.25) is 5.02 Å².